The van der Waals surface area contributed by atoms with Gasteiger partial charge >= 0.3 is 0 Å². The summed E-state index contributed by atoms with van der Waals surface area (Å²) < 4.78 is 5.98. The number of hydrogen-bond acceptors (Lipinski definition) is 4. The van der Waals surface area contributed by atoms with Gasteiger partial charge in [0, 0.05) is 10.0 Å². The first-order chi connectivity index (χ1) is 9.02. The van der Waals surface area contributed by atoms with Crippen molar-refractivity contribution < 1.29 is 9.63 Å². The lowest BCUT2D eigenvalue weighted by atomic mass is 10.0. The van der Waals surface area contributed by atoms with Crippen molar-refractivity contribution in [2.75, 3.05) is 0 Å². The first-order valence-electron chi connectivity index (χ1n) is 6.00. The van der Waals surface area contributed by atoms with Gasteiger partial charge in [-0.1, -0.05) is 30.6 Å². The third-order valence-electron chi connectivity index (χ3n) is 3.00. The summed E-state index contributed by atoms with van der Waals surface area (Å²) in [6.07, 6.45) is 0.163. The Morgan fingerprint density at radius 3 is 2.84 bits per heavy atom. The van der Waals surface area contributed by atoms with Crippen molar-refractivity contribution in [1.82, 2.24) is 10.1 Å². The maximum atomic E-state index is 9.79. The molecule has 1 aromatic carbocycles. The smallest absolute Gasteiger partial charge is 0.232 e. The van der Waals surface area contributed by atoms with Crippen LogP contribution < -0.4 is 0 Å². The van der Waals surface area contributed by atoms with Crippen LogP contribution in [0.3, 0.4) is 0 Å². The molecule has 4 nitrogen and oxygen atoms in total. The van der Waals surface area contributed by atoms with Gasteiger partial charge in [0.2, 0.25) is 11.7 Å². The van der Waals surface area contributed by atoms with Gasteiger partial charge in [-0.15, -0.1) is 0 Å². The first-order valence-corrected chi connectivity index (χ1v) is 7.17. The number of rotatable bonds is 4. The Labute approximate surface area is 124 Å². The van der Waals surface area contributed by atoms with Crippen molar-refractivity contribution in [3.8, 4) is 11.4 Å². The molecule has 1 N–H and O–H groups in total. The molecule has 6 heteroatoms. The number of benzene rings is 1. The molecular formula is C13H14BrClN2O2. The minimum absolute atomic E-state index is 0.179. The Kier molecular flexibility index (Phi) is 4.60. The third kappa shape index (κ3) is 3.16. The van der Waals surface area contributed by atoms with Crippen molar-refractivity contribution in [2.24, 2.45) is 0 Å². The molecule has 1 aromatic heterocycles. The topological polar surface area (TPSA) is 59.2 Å². The molecule has 0 amide bonds. The van der Waals surface area contributed by atoms with Gasteiger partial charge in [-0.3, -0.25) is 0 Å². The molecule has 1 heterocycles. The Hall–Kier alpha value is -0.910. The lowest BCUT2D eigenvalue weighted by Gasteiger charge is -2.11. The third-order valence-corrected chi connectivity index (χ3v) is 4.22. The summed E-state index contributed by atoms with van der Waals surface area (Å²) in [7, 11) is 0. The molecule has 0 saturated carbocycles. The van der Waals surface area contributed by atoms with Gasteiger partial charge in [0.15, 0.2) is 0 Å². The highest BCUT2D eigenvalue weighted by Crippen LogP contribution is 2.28. The van der Waals surface area contributed by atoms with Crippen LogP contribution in [0.25, 0.3) is 11.4 Å². The predicted molar refractivity (Wildman–Crippen MR) is 77.2 cm³/mol. The van der Waals surface area contributed by atoms with E-state index in [1.165, 1.54) is 0 Å². The maximum Gasteiger partial charge on any atom is 0.232 e. The van der Waals surface area contributed by atoms with Gasteiger partial charge in [-0.05, 0) is 40.5 Å². The van der Waals surface area contributed by atoms with Gasteiger partial charge in [-0.25, -0.2) is 0 Å². The van der Waals surface area contributed by atoms with Gasteiger partial charge in [0.05, 0.1) is 17.0 Å². The molecule has 102 valence electrons. The molecule has 2 aromatic rings. The van der Waals surface area contributed by atoms with E-state index in [1.54, 1.807) is 6.07 Å². The largest absolute Gasteiger partial charge is 0.392 e. The second-order valence-electron chi connectivity index (χ2n) is 4.35. The minimum Gasteiger partial charge on any atom is -0.392 e. The van der Waals surface area contributed by atoms with Crippen molar-refractivity contribution >= 4 is 27.5 Å². The van der Waals surface area contributed by atoms with Gasteiger partial charge in [0.25, 0.3) is 0 Å². The van der Waals surface area contributed by atoms with Crippen LogP contribution in [-0.4, -0.2) is 21.4 Å². The van der Waals surface area contributed by atoms with E-state index >= 15 is 0 Å². The predicted octanol–water partition coefficient (Wildman–Crippen LogP) is 4.03. The molecule has 0 aliphatic heterocycles. The van der Waals surface area contributed by atoms with Crippen LogP contribution in [0.4, 0.5) is 0 Å². The van der Waals surface area contributed by atoms with Gasteiger partial charge < -0.3 is 9.63 Å². The van der Waals surface area contributed by atoms with E-state index in [9.17, 15) is 5.11 Å². The van der Waals surface area contributed by atoms with Gasteiger partial charge in [0.1, 0.15) is 0 Å². The van der Waals surface area contributed by atoms with Crippen molar-refractivity contribution in [2.45, 2.75) is 32.3 Å². The Bertz CT molecular complexity index is 574. The fraction of sp³-hybridized carbons (Fsp3) is 0.385. The molecule has 0 radical (unpaired) electrons. The zero-order valence-electron chi connectivity index (χ0n) is 10.6. The Morgan fingerprint density at radius 2 is 2.21 bits per heavy atom. The highest BCUT2D eigenvalue weighted by Gasteiger charge is 2.21. The summed E-state index contributed by atoms with van der Waals surface area (Å²) in [6.45, 7) is 3.78. The summed E-state index contributed by atoms with van der Waals surface area (Å²) in [6, 6.07) is 5.42. The number of aliphatic hydroxyl groups excluding tert-OH is 1. The van der Waals surface area contributed by atoms with E-state index < -0.39 is 6.10 Å². The Balaban J connectivity index is 2.27. The first kappa shape index (κ1) is 14.5. The van der Waals surface area contributed by atoms with E-state index in [4.69, 9.17) is 16.1 Å². The van der Waals surface area contributed by atoms with Crippen molar-refractivity contribution in [3.63, 3.8) is 0 Å². The van der Waals surface area contributed by atoms with Gasteiger partial charge in [-0.2, -0.15) is 4.98 Å². The highest BCUT2D eigenvalue weighted by molar-refractivity contribution is 9.10. The molecule has 2 atom stereocenters. The van der Waals surface area contributed by atoms with Crippen molar-refractivity contribution in [1.29, 1.82) is 0 Å². The number of aromatic nitrogens is 2. The van der Waals surface area contributed by atoms with Crippen LogP contribution in [-0.2, 0) is 0 Å². The molecule has 0 bridgehead atoms. The maximum absolute atomic E-state index is 9.79. The summed E-state index contributed by atoms with van der Waals surface area (Å²) >= 11 is 9.30. The summed E-state index contributed by atoms with van der Waals surface area (Å²) in [5.41, 5.74) is 0.810. The quantitative estimate of drug-likeness (QED) is 0.909. The molecule has 2 rings (SSSR count). The normalized spacial score (nSPS) is 14.4. The number of halogens is 2. The highest BCUT2D eigenvalue weighted by atomic mass is 79.9. The summed E-state index contributed by atoms with van der Waals surface area (Å²) in [4.78, 5) is 4.32. The summed E-state index contributed by atoms with van der Waals surface area (Å²) in [5, 5.41) is 14.3. The molecule has 19 heavy (non-hydrogen) atoms. The molecule has 0 spiro atoms. The molecular weight excluding hydrogens is 332 g/mol. The summed E-state index contributed by atoms with van der Waals surface area (Å²) in [5.74, 6) is 0.750. The zero-order chi connectivity index (χ0) is 14.0. The standard InChI is InChI=1S/C13H14BrClN2O2/c1-3-11(18)7(2)13-16-12(17-19-13)8-4-5-10(15)9(14)6-8/h4-7,11,18H,3H2,1-2H3. The monoisotopic (exact) mass is 344 g/mol. The average Bonchev–Trinajstić information content (AvgIpc) is 2.89. The second-order valence-corrected chi connectivity index (χ2v) is 5.61. The molecule has 2 unspecified atom stereocenters. The SMILES string of the molecule is CCC(O)C(C)c1nc(-c2ccc(Cl)c(Br)c2)no1. The lowest BCUT2D eigenvalue weighted by Crippen LogP contribution is -2.14. The van der Waals surface area contributed by atoms with Crippen LogP contribution in [0.5, 0.6) is 0 Å². The van der Waals surface area contributed by atoms with E-state index in [0.29, 0.717) is 23.2 Å². The zero-order valence-corrected chi connectivity index (χ0v) is 12.9. The molecule has 0 saturated heterocycles. The fourth-order valence-corrected chi connectivity index (χ4v) is 2.19. The average molecular weight is 346 g/mol. The molecule has 0 fully saturated rings. The number of aliphatic hydroxyl groups is 1. The Morgan fingerprint density at radius 1 is 1.47 bits per heavy atom. The van der Waals surface area contributed by atoms with E-state index in [0.717, 1.165) is 10.0 Å². The lowest BCUT2D eigenvalue weighted by molar-refractivity contribution is 0.129. The van der Waals surface area contributed by atoms with Crippen LogP contribution in [0.2, 0.25) is 5.02 Å². The fourth-order valence-electron chi connectivity index (χ4n) is 1.69. The van der Waals surface area contributed by atoms with E-state index in [-0.39, 0.29) is 5.92 Å². The number of nitrogens with zero attached hydrogens (tertiary/aromatic N) is 2. The second kappa shape index (κ2) is 6.03. The van der Waals surface area contributed by atoms with Crippen LogP contribution in [0, 0.1) is 0 Å². The van der Waals surface area contributed by atoms with E-state index in [2.05, 4.69) is 26.1 Å². The molecule has 0 aliphatic rings. The number of hydrogen-bond donors (Lipinski definition) is 1. The van der Waals surface area contributed by atoms with Crippen LogP contribution >= 0.6 is 27.5 Å². The van der Waals surface area contributed by atoms with Crippen LogP contribution in [0.15, 0.2) is 27.2 Å². The molecule has 0 aliphatic carbocycles. The minimum atomic E-state index is -0.481. The van der Waals surface area contributed by atoms with Crippen LogP contribution in [0.1, 0.15) is 32.1 Å². The van der Waals surface area contributed by atoms with Crippen molar-refractivity contribution in [3.05, 3.63) is 33.6 Å². The van der Waals surface area contributed by atoms with E-state index in [1.807, 2.05) is 26.0 Å².